The van der Waals surface area contributed by atoms with Crippen LogP contribution < -0.4 is 0 Å². The Bertz CT molecular complexity index is 545. The first-order valence-electron chi connectivity index (χ1n) is 4.97. The van der Waals surface area contributed by atoms with Gasteiger partial charge in [-0.3, -0.25) is 4.79 Å². The van der Waals surface area contributed by atoms with Crippen molar-refractivity contribution in [1.29, 1.82) is 0 Å². The van der Waals surface area contributed by atoms with E-state index in [0.717, 1.165) is 0 Å². The molecule has 2 heterocycles. The summed E-state index contributed by atoms with van der Waals surface area (Å²) in [5, 5.41) is 12.1. The Kier molecular flexibility index (Phi) is 3.01. The average Bonchev–Trinajstić information content (AvgIpc) is 2.76. The smallest absolute Gasteiger partial charge is 0.312 e. The van der Waals surface area contributed by atoms with E-state index in [1.807, 2.05) is 0 Å². The molecule has 17 heavy (non-hydrogen) atoms. The van der Waals surface area contributed by atoms with Crippen LogP contribution in [-0.4, -0.2) is 31.9 Å². The molecular weight excluding hydrogens is 264 g/mol. The summed E-state index contributed by atoms with van der Waals surface area (Å²) in [6.07, 6.45) is -1.12. The topological polar surface area (TPSA) is 80.7 Å². The zero-order valence-corrected chi connectivity index (χ0v) is 10.9. The molecule has 3 atom stereocenters. The Morgan fingerprint density at radius 1 is 1.47 bits per heavy atom. The molecule has 0 saturated carbocycles. The first-order valence-corrected chi connectivity index (χ1v) is 7.46. The second-order valence-electron chi connectivity index (χ2n) is 3.94. The number of thiophene rings is 1. The van der Waals surface area contributed by atoms with Crippen molar-refractivity contribution < 1.29 is 23.1 Å². The Morgan fingerprint density at radius 2 is 2.12 bits per heavy atom. The van der Waals surface area contributed by atoms with Crippen molar-refractivity contribution in [2.75, 3.05) is 7.11 Å². The van der Waals surface area contributed by atoms with Crippen LogP contribution in [0, 0.1) is 5.92 Å². The molecule has 7 heteroatoms. The molecule has 1 aromatic heterocycles. The maximum atomic E-state index is 12.1. The van der Waals surface area contributed by atoms with E-state index in [4.69, 9.17) is 0 Å². The summed E-state index contributed by atoms with van der Waals surface area (Å²) in [6, 6.07) is 0. The number of aliphatic hydroxyl groups excluding tert-OH is 1. The summed E-state index contributed by atoms with van der Waals surface area (Å²) in [6.45, 7) is 1.42. The number of hydrogen-bond acceptors (Lipinski definition) is 6. The first-order chi connectivity index (χ1) is 7.91. The number of rotatable bonds is 1. The van der Waals surface area contributed by atoms with Crippen LogP contribution in [-0.2, 0) is 19.4 Å². The summed E-state index contributed by atoms with van der Waals surface area (Å²) in [5.74, 6) is -1.77. The van der Waals surface area contributed by atoms with Crippen LogP contribution in [0.3, 0.4) is 0 Å². The van der Waals surface area contributed by atoms with Crippen LogP contribution in [0.4, 0.5) is 0 Å². The molecule has 1 aromatic rings. The highest BCUT2D eigenvalue weighted by Gasteiger charge is 2.48. The van der Waals surface area contributed by atoms with Crippen molar-refractivity contribution in [2.45, 2.75) is 23.2 Å². The predicted octanol–water partition coefficient (Wildman–Crippen LogP) is 0.746. The maximum Gasteiger partial charge on any atom is 0.312 e. The molecule has 0 amide bonds. The lowest BCUT2D eigenvalue weighted by Gasteiger charge is -2.31. The number of carbonyl (C=O) groups is 1. The lowest BCUT2D eigenvalue weighted by atomic mass is 9.94. The fraction of sp³-hybridized carbons (Fsp3) is 0.500. The standard InChI is InChI=1S/C10H12O5S2/c1-5-8(10(12)15-2)9(11)6-3-16-4-7(6)17(5,13)14/h3-5,8-9,11H,1-2H3. The molecule has 0 aliphatic carbocycles. The van der Waals surface area contributed by atoms with E-state index in [1.165, 1.54) is 30.8 Å². The summed E-state index contributed by atoms with van der Waals surface area (Å²) in [5.41, 5.74) is 0.295. The van der Waals surface area contributed by atoms with Crippen molar-refractivity contribution in [2.24, 2.45) is 5.92 Å². The molecule has 3 unspecified atom stereocenters. The molecular formula is C10H12O5S2. The minimum Gasteiger partial charge on any atom is -0.469 e. The van der Waals surface area contributed by atoms with Crippen molar-refractivity contribution in [3.8, 4) is 0 Å². The van der Waals surface area contributed by atoms with Gasteiger partial charge in [0.1, 0.15) is 5.92 Å². The van der Waals surface area contributed by atoms with E-state index < -0.39 is 33.1 Å². The van der Waals surface area contributed by atoms with Crippen LogP contribution in [0.2, 0.25) is 0 Å². The molecule has 94 valence electrons. The summed E-state index contributed by atoms with van der Waals surface area (Å²) >= 11 is 1.19. The van der Waals surface area contributed by atoms with Crippen molar-refractivity contribution >= 4 is 27.1 Å². The predicted molar refractivity (Wildman–Crippen MR) is 61.4 cm³/mol. The Morgan fingerprint density at radius 3 is 2.71 bits per heavy atom. The zero-order chi connectivity index (χ0) is 12.8. The van der Waals surface area contributed by atoms with Crippen molar-refractivity contribution in [1.82, 2.24) is 0 Å². The van der Waals surface area contributed by atoms with Crippen molar-refractivity contribution in [3.63, 3.8) is 0 Å². The van der Waals surface area contributed by atoms with Gasteiger partial charge in [-0.05, 0) is 12.3 Å². The van der Waals surface area contributed by atoms with Gasteiger partial charge >= 0.3 is 5.97 Å². The number of aliphatic hydroxyl groups is 1. The maximum absolute atomic E-state index is 12.1. The number of carbonyl (C=O) groups excluding carboxylic acids is 1. The van der Waals surface area contributed by atoms with E-state index in [2.05, 4.69) is 4.74 Å². The van der Waals surface area contributed by atoms with Gasteiger partial charge < -0.3 is 9.84 Å². The first kappa shape index (κ1) is 12.5. The number of fused-ring (bicyclic) bond motifs is 1. The van der Waals surface area contributed by atoms with Gasteiger partial charge in [-0.25, -0.2) is 8.42 Å². The van der Waals surface area contributed by atoms with Crippen LogP contribution >= 0.6 is 11.3 Å². The quantitative estimate of drug-likeness (QED) is 0.765. The zero-order valence-electron chi connectivity index (χ0n) is 9.28. The highest BCUT2D eigenvalue weighted by molar-refractivity contribution is 7.92. The summed E-state index contributed by atoms with van der Waals surface area (Å²) in [4.78, 5) is 11.7. The molecule has 1 aliphatic rings. The Labute approximate surface area is 103 Å². The highest BCUT2D eigenvalue weighted by Crippen LogP contribution is 2.42. The molecule has 0 spiro atoms. The lowest BCUT2D eigenvalue weighted by Crippen LogP contribution is -2.41. The van der Waals surface area contributed by atoms with Gasteiger partial charge in [0.05, 0.1) is 23.4 Å². The van der Waals surface area contributed by atoms with Gasteiger partial charge in [0.2, 0.25) is 0 Å². The fourth-order valence-electron chi connectivity index (χ4n) is 2.04. The third-order valence-corrected chi connectivity index (χ3v) is 6.24. The van der Waals surface area contributed by atoms with E-state index in [-0.39, 0.29) is 4.90 Å². The Hall–Kier alpha value is -0.920. The fourth-order valence-corrected chi connectivity index (χ4v) is 5.12. The van der Waals surface area contributed by atoms with Crippen LogP contribution in [0.25, 0.3) is 0 Å². The van der Waals surface area contributed by atoms with Gasteiger partial charge in [0, 0.05) is 10.9 Å². The molecule has 5 nitrogen and oxygen atoms in total. The van der Waals surface area contributed by atoms with Gasteiger partial charge in [-0.2, -0.15) is 11.3 Å². The molecule has 0 bridgehead atoms. The highest BCUT2D eigenvalue weighted by atomic mass is 32.2. The van der Waals surface area contributed by atoms with E-state index >= 15 is 0 Å². The van der Waals surface area contributed by atoms with E-state index in [1.54, 1.807) is 5.38 Å². The van der Waals surface area contributed by atoms with Crippen molar-refractivity contribution in [3.05, 3.63) is 16.3 Å². The third-order valence-electron chi connectivity index (χ3n) is 3.09. The molecule has 1 aliphatic heterocycles. The van der Waals surface area contributed by atoms with Gasteiger partial charge in [0.15, 0.2) is 9.84 Å². The Balaban J connectivity index is 2.60. The molecule has 0 aromatic carbocycles. The monoisotopic (exact) mass is 276 g/mol. The number of esters is 1. The summed E-state index contributed by atoms with van der Waals surface area (Å²) in [7, 11) is -2.39. The van der Waals surface area contributed by atoms with E-state index in [0.29, 0.717) is 5.56 Å². The van der Waals surface area contributed by atoms with E-state index in [9.17, 15) is 18.3 Å². The van der Waals surface area contributed by atoms with Gasteiger partial charge in [-0.1, -0.05) is 0 Å². The normalized spacial score (nSPS) is 30.6. The summed E-state index contributed by atoms with van der Waals surface area (Å²) < 4.78 is 28.8. The molecule has 0 saturated heterocycles. The number of hydrogen-bond donors (Lipinski definition) is 1. The molecule has 0 fully saturated rings. The third kappa shape index (κ3) is 1.69. The van der Waals surface area contributed by atoms with Gasteiger partial charge in [-0.15, -0.1) is 0 Å². The second-order valence-corrected chi connectivity index (χ2v) is 6.95. The molecule has 1 N–H and O–H groups in total. The second kappa shape index (κ2) is 4.08. The van der Waals surface area contributed by atoms with Gasteiger partial charge in [0.25, 0.3) is 0 Å². The SMILES string of the molecule is COC(=O)C1C(O)c2cscc2S(=O)(=O)C1C. The molecule has 0 radical (unpaired) electrons. The average molecular weight is 276 g/mol. The number of sulfone groups is 1. The number of ether oxygens (including phenoxy) is 1. The van der Waals surface area contributed by atoms with Crippen LogP contribution in [0.1, 0.15) is 18.6 Å². The van der Waals surface area contributed by atoms with Crippen LogP contribution in [0.15, 0.2) is 15.7 Å². The molecule has 2 rings (SSSR count). The van der Waals surface area contributed by atoms with Crippen LogP contribution in [0.5, 0.6) is 0 Å². The lowest BCUT2D eigenvalue weighted by molar-refractivity contribution is -0.149. The minimum absolute atomic E-state index is 0.127. The number of methoxy groups -OCH3 is 1. The largest absolute Gasteiger partial charge is 0.469 e. The minimum atomic E-state index is -3.57.